The summed E-state index contributed by atoms with van der Waals surface area (Å²) in [5.41, 5.74) is 6.75. The Morgan fingerprint density at radius 2 is 1.71 bits per heavy atom. The van der Waals surface area contributed by atoms with Crippen molar-refractivity contribution in [2.75, 3.05) is 23.5 Å². The molecule has 0 fully saturated rings. The van der Waals surface area contributed by atoms with Gasteiger partial charge in [-0.15, -0.1) is 0 Å². The maximum Gasteiger partial charge on any atom is 0.179 e. The molecule has 1 aromatic rings. The van der Waals surface area contributed by atoms with E-state index >= 15 is 0 Å². The summed E-state index contributed by atoms with van der Waals surface area (Å²) < 4.78 is 45.6. The van der Waals surface area contributed by atoms with Gasteiger partial charge >= 0.3 is 0 Å². The Hall–Kier alpha value is -1.08. The lowest BCUT2D eigenvalue weighted by atomic mass is 10.2. The summed E-state index contributed by atoms with van der Waals surface area (Å²) in [7, 11) is -6.85. The minimum absolute atomic E-state index is 0.104. The summed E-state index contributed by atoms with van der Waals surface area (Å²) in [5.74, 6) is -0.784. The summed E-state index contributed by atoms with van der Waals surface area (Å²) in [5, 5.41) is 0. The second-order valence-corrected chi connectivity index (χ2v) is 8.34. The Labute approximate surface area is 101 Å². The second-order valence-electron chi connectivity index (χ2n) is 3.97. The maximum absolute atomic E-state index is 11.8. The molecule has 96 valence electrons. The van der Waals surface area contributed by atoms with E-state index in [1.807, 2.05) is 0 Å². The predicted molar refractivity (Wildman–Crippen MR) is 67.4 cm³/mol. The van der Waals surface area contributed by atoms with Crippen LogP contribution in [0.15, 0.2) is 23.1 Å². The van der Waals surface area contributed by atoms with Crippen molar-refractivity contribution in [2.24, 2.45) is 0 Å². The first-order chi connectivity index (χ1) is 7.62. The lowest BCUT2D eigenvalue weighted by Crippen LogP contribution is -2.16. The van der Waals surface area contributed by atoms with Crippen LogP contribution in [-0.2, 0) is 19.7 Å². The molecular formula is C10H15NO4S2. The molecule has 2 N–H and O–H groups in total. The third-order valence-electron chi connectivity index (χ3n) is 2.32. The third kappa shape index (κ3) is 4.01. The van der Waals surface area contributed by atoms with Gasteiger partial charge in [-0.2, -0.15) is 0 Å². The minimum atomic E-state index is -3.57. The average Bonchev–Trinajstić information content (AvgIpc) is 2.18. The monoisotopic (exact) mass is 277 g/mol. The summed E-state index contributed by atoms with van der Waals surface area (Å²) in [6.07, 6.45) is 1.01. The van der Waals surface area contributed by atoms with E-state index in [0.717, 1.165) is 6.26 Å². The largest absolute Gasteiger partial charge is 0.399 e. The van der Waals surface area contributed by atoms with E-state index in [0.29, 0.717) is 11.3 Å². The standard InChI is InChI=1S/C10H15NO4S2/c1-8-7-9(3-4-10(8)11)17(14,15)6-5-16(2,12)13/h3-4,7H,5-6,11H2,1-2H3. The molecule has 0 heterocycles. The lowest BCUT2D eigenvalue weighted by molar-refractivity contribution is 0.590. The Morgan fingerprint density at radius 1 is 1.12 bits per heavy atom. The van der Waals surface area contributed by atoms with Gasteiger partial charge in [-0.05, 0) is 30.7 Å². The zero-order valence-electron chi connectivity index (χ0n) is 9.67. The molecule has 0 radical (unpaired) electrons. The fourth-order valence-corrected chi connectivity index (χ4v) is 4.18. The number of nitrogen functional groups attached to an aromatic ring is 1. The van der Waals surface area contributed by atoms with E-state index < -0.39 is 25.4 Å². The van der Waals surface area contributed by atoms with Gasteiger partial charge in [0.05, 0.1) is 16.4 Å². The first-order valence-electron chi connectivity index (χ1n) is 4.88. The van der Waals surface area contributed by atoms with Gasteiger partial charge in [0.1, 0.15) is 9.84 Å². The van der Waals surface area contributed by atoms with E-state index in [4.69, 9.17) is 5.73 Å². The quantitative estimate of drug-likeness (QED) is 0.804. The van der Waals surface area contributed by atoms with Crippen molar-refractivity contribution >= 4 is 25.4 Å². The van der Waals surface area contributed by atoms with Crippen molar-refractivity contribution in [2.45, 2.75) is 11.8 Å². The molecule has 0 atom stereocenters. The van der Waals surface area contributed by atoms with Crippen molar-refractivity contribution in [3.05, 3.63) is 23.8 Å². The van der Waals surface area contributed by atoms with Gasteiger partial charge in [-0.25, -0.2) is 16.8 Å². The van der Waals surface area contributed by atoms with Gasteiger partial charge in [0.15, 0.2) is 9.84 Å². The van der Waals surface area contributed by atoms with Crippen LogP contribution >= 0.6 is 0 Å². The smallest absolute Gasteiger partial charge is 0.179 e. The third-order valence-corrected chi connectivity index (χ3v) is 5.24. The van der Waals surface area contributed by atoms with Crippen LogP contribution in [0.5, 0.6) is 0 Å². The molecule has 0 aliphatic carbocycles. The summed E-state index contributed by atoms with van der Waals surface area (Å²) in [6.45, 7) is 1.70. The topological polar surface area (TPSA) is 94.3 Å². The highest BCUT2D eigenvalue weighted by Crippen LogP contribution is 2.18. The van der Waals surface area contributed by atoms with Gasteiger partial charge in [0.2, 0.25) is 0 Å². The van der Waals surface area contributed by atoms with Crippen LogP contribution in [0.2, 0.25) is 0 Å². The Kier molecular flexibility index (Phi) is 3.83. The van der Waals surface area contributed by atoms with Crippen molar-refractivity contribution < 1.29 is 16.8 Å². The lowest BCUT2D eigenvalue weighted by Gasteiger charge is -2.06. The van der Waals surface area contributed by atoms with Crippen molar-refractivity contribution in [1.29, 1.82) is 0 Å². The van der Waals surface area contributed by atoms with Crippen LogP contribution in [0.3, 0.4) is 0 Å². The van der Waals surface area contributed by atoms with Gasteiger partial charge in [-0.3, -0.25) is 0 Å². The van der Waals surface area contributed by atoms with Crippen LogP contribution in [0, 0.1) is 6.92 Å². The molecular weight excluding hydrogens is 262 g/mol. The molecule has 1 aromatic carbocycles. The minimum Gasteiger partial charge on any atom is -0.399 e. The maximum atomic E-state index is 11.8. The van der Waals surface area contributed by atoms with E-state index in [1.54, 1.807) is 6.92 Å². The van der Waals surface area contributed by atoms with Crippen LogP contribution < -0.4 is 5.73 Å². The van der Waals surface area contributed by atoms with Gasteiger partial charge in [0.25, 0.3) is 0 Å². The number of anilines is 1. The summed E-state index contributed by atoms with van der Waals surface area (Å²) >= 11 is 0. The Balaban J connectivity index is 3.02. The second kappa shape index (κ2) is 4.66. The number of sulfone groups is 2. The molecule has 1 rings (SSSR count). The first-order valence-corrected chi connectivity index (χ1v) is 8.60. The number of nitrogens with two attached hydrogens (primary N) is 1. The molecule has 0 spiro atoms. The zero-order valence-corrected chi connectivity index (χ0v) is 11.3. The van der Waals surface area contributed by atoms with Gasteiger partial charge < -0.3 is 5.73 Å². The summed E-state index contributed by atoms with van der Waals surface area (Å²) in [6, 6.07) is 4.34. The molecule has 5 nitrogen and oxygen atoms in total. The molecule has 0 bridgehead atoms. The number of hydrogen-bond acceptors (Lipinski definition) is 5. The van der Waals surface area contributed by atoms with Crippen LogP contribution in [0.25, 0.3) is 0 Å². The highest BCUT2D eigenvalue weighted by molar-refractivity contribution is 7.94. The normalized spacial score (nSPS) is 12.6. The summed E-state index contributed by atoms with van der Waals surface area (Å²) in [4.78, 5) is 0.104. The molecule has 0 unspecified atom stereocenters. The molecule has 0 saturated carbocycles. The zero-order chi connectivity index (χ0) is 13.3. The molecule has 7 heteroatoms. The van der Waals surface area contributed by atoms with E-state index in [9.17, 15) is 16.8 Å². The fourth-order valence-electron chi connectivity index (χ4n) is 1.22. The van der Waals surface area contributed by atoms with Crippen molar-refractivity contribution in [3.8, 4) is 0 Å². The van der Waals surface area contributed by atoms with Crippen LogP contribution in [-0.4, -0.2) is 34.6 Å². The number of rotatable bonds is 4. The molecule has 17 heavy (non-hydrogen) atoms. The van der Waals surface area contributed by atoms with Crippen LogP contribution in [0.1, 0.15) is 5.56 Å². The first kappa shape index (κ1) is 14.0. The highest BCUT2D eigenvalue weighted by Gasteiger charge is 2.17. The Morgan fingerprint density at radius 3 is 2.18 bits per heavy atom. The molecule has 0 amide bonds. The molecule has 0 aromatic heterocycles. The molecule has 0 aliphatic rings. The van der Waals surface area contributed by atoms with E-state index in [1.165, 1.54) is 18.2 Å². The fraction of sp³-hybridized carbons (Fsp3) is 0.400. The SMILES string of the molecule is Cc1cc(S(=O)(=O)CCS(C)(=O)=O)ccc1N. The van der Waals surface area contributed by atoms with Crippen molar-refractivity contribution in [1.82, 2.24) is 0 Å². The Bertz CT molecular complexity index is 618. The predicted octanol–water partition coefficient (Wildman–Crippen LogP) is 0.396. The number of aryl methyl sites for hydroxylation is 1. The number of hydrogen-bond donors (Lipinski definition) is 1. The van der Waals surface area contributed by atoms with Crippen molar-refractivity contribution in [3.63, 3.8) is 0 Å². The highest BCUT2D eigenvalue weighted by atomic mass is 32.2. The molecule has 0 aliphatic heterocycles. The van der Waals surface area contributed by atoms with E-state index in [-0.39, 0.29) is 10.6 Å². The van der Waals surface area contributed by atoms with Gasteiger partial charge in [0, 0.05) is 11.9 Å². The van der Waals surface area contributed by atoms with Crippen LogP contribution in [0.4, 0.5) is 5.69 Å². The average molecular weight is 277 g/mol. The number of benzene rings is 1. The molecule has 0 saturated heterocycles. The van der Waals surface area contributed by atoms with E-state index in [2.05, 4.69) is 0 Å². The van der Waals surface area contributed by atoms with Gasteiger partial charge in [-0.1, -0.05) is 0 Å².